The van der Waals surface area contributed by atoms with Gasteiger partial charge in [0.15, 0.2) is 0 Å². The first kappa shape index (κ1) is 13.0. The summed E-state index contributed by atoms with van der Waals surface area (Å²) >= 11 is 2.30. The third-order valence-corrected chi connectivity index (χ3v) is 2.76. The average molecular weight is 299 g/mol. The first-order chi connectivity index (χ1) is 5.85. The topological polar surface area (TPSA) is 38.3 Å². The second-order valence-electron chi connectivity index (χ2n) is 4.14. The smallest absolute Gasteiger partial charge is 0.407 e. The minimum absolute atomic E-state index is 0.329. The summed E-state index contributed by atoms with van der Waals surface area (Å²) in [6, 6.07) is 0. The molecule has 0 radical (unpaired) electrons. The lowest BCUT2D eigenvalue weighted by Crippen LogP contribution is -2.35. The highest BCUT2D eigenvalue weighted by Crippen LogP contribution is 2.06. The summed E-state index contributed by atoms with van der Waals surface area (Å²) in [5, 5.41) is 2.72. The van der Waals surface area contributed by atoms with Gasteiger partial charge >= 0.3 is 6.09 Å². The minimum atomic E-state index is -0.405. The molecular weight excluding hydrogens is 281 g/mol. The SMILES string of the molecule is CC(CI)CNC(=O)OC(C)(C)C. The summed E-state index contributed by atoms with van der Waals surface area (Å²) < 4.78 is 6.12. The van der Waals surface area contributed by atoms with E-state index in [-0.39, 0.29) is 6.09 Å². The predicted octanol–water partition coefficient (Wildman–Crippen LogP) is 2.58. The minimum Gasteiger partial charge on any atom is -0.444 e. The Bertz CT molecular complexity index is 165. The molecule has 0 aromatic heterocycles. The Hall–Kier alpha value is 0. The van der Waals surface area contributed by atoms with Crippen molar-refractivity contribution in [1.29, 1.82) is 0 Å². The molecule has 78 valence electrons. The van der Waals surface area contributed by atoms with Crippen LogP contribution in [0.15, 0.2) is 0 Å². The molecule has 3 nitrogen and oxygen atoms in total. The zero-order chi connectivity index (χ0) is 10.5. The van der Waals surface area contributed by atoms with Crippen LogP contribution in [0.5, 0.6) is 0 Å². The van der Waals surface area contributed by atoms with Crippen molar-refractivity contribution in [3.8, 4) is 0 Å². The van der Waals surface area contributed by atoms with Gasteiger partial charge in [-0.2, -0.15) is 0 Å². The number of amides is 1. The van der Waals surface area contributed by atoms with Crippen molar-refractivity contribution in [1.82, 2.24) is 5.32 Å². The van der Waals surface area contributed by atoms with Gasteiger partial charge in [-0.1, -0.05) is 29.5 Å². The van der Waals surface area contributed by atoms with E-state index in [0.717, 1.165) is 4.43 Å². The number of hydrogen-bond acceptors (Lipinski definition) is 2. The summed E-state index contributed by atoms with van der Waals surface area (Å²) in [7, 11) is 0. The van der Waals surface area contributed by atoms with Gasteiger partial charge < -0.3 is 10.1 Å². The molecule has 13 heavy (non-hydrogen) atoms. The van der Waals surface area contributed by atoms with Gasteiger partial charge in [0.1, 0.15) is 5.60 Å². The molecule has 0 spiro atoms. The maximum absolute atomic E-state index is 11.1. The Labute approximate surface area is 93.7 Å². The lowest BCUT2D eigenvalue weighted by molar-refractivity contribution is 0.0522. The number of halogens is 1. The van der Waals surface area contributed by atoms with Crippen LogP contribution in [0.25, 0.3) is 0 Å². The zero-order valence-corrected chi connectivity index (χ0v) is 10.8. The van der Waals surface area contributed by atoms with Gasteiger partial charge in [0.2, 0.25) is 0 Å². The summed E-state index contributed by atoms with van der Waals surface area (Å²) in [6.45, 7) is 8.33. The van der Waals surface area contributed by atoms with Gasteiger partial charge in [-0.05, 0) is 26.7 Å². The second kappa shape index (κ2) is 5.67. The van der Waals surface area contributed by atoms with Crippen LogP contribution in [0.3, 0.4) is 0 Å². The number of carbonyl (C=O) groups is 1. The van der Waals surface area contributed by atoms with Crippen LogP contribution in [-0.4, -0.2) is 22.7 Å². The molecule has 4 heteroatoms. The van der Waals surface area contributed by atoms with Crippen LogP contribution in [0.1, 0.15) is 27.7 Å². The van der Waals surface area contributed by atoms with Crippen molar-refractivity contribution in [3.05, 3.63) is 0 Å². The van der Waals surface area contributed by atoms with Crippen molar-refractivity contribution in [3.63, 3.8) is 0 Å². The fraction of sp³-hybridized carbons (Fsp3) is 0.889. The highest BCUT2D eigenvalue weighted by molar-refractivity contribution is 14.1. The predicted molar refractivity (Wildman–Crippen MR) is 62.3 cm³/mol. The molecule has 0 aromatic rings. The van der Waals surface area contributed by atoms with Gasteiger partial charge in [-0.3, -0.25) is 0 Å². The molecule has 0 heterocycles. The number of alkyl carbamates (subject to hydrolysis) is 1. The standard InChI is InChI=1S/C9H18INO2/c1-7(5-10)6-11-8(12)13-9(2,3)4/h7H,5-6H2,1-4H3,(H,11,12). The Morgan fingerprint density at radius 2 is 2.08 bits per heavy atom. The van der Waals surface area contributed by atoms with Gasteiger partial charge in [-0.15, -0.1) is 0 Å². The Morgan fingerprint density at radius 1 is 1.54 bits per heavy atom. The molecule has 0 saturated heterocycles. The molecule has 1 atom stereocenters. The van der Waals surface area contributed by atoms with E-state index in [1.165, 1.54) is 0 Å². The molecule has 0 bridgehead atoms. The maximum atomic E-state index is 11.1. The van der Waals surface area contributed by atoms with E-state index in [2.05, 4.69) is 34.8 Å². The number of alkyl halides is 1. The van der Waals surface area contributed by atoms with Crippen molar-refractivity contribution >= 4 is 28.7 Å². The third-order valence-electron chi connectivity index (χ3n) is 1.26. The monoisotopic (exact) mass is 299 g/mol. The zero-order valence-electron chi connectivity index (χ0n) is 8.69. The van der Waals surface area contributed by atoms with E-state index < -0.39 is 5.60 Å². The number of nitrogens with one attached hydrogen (secondary N) is 1. The molecule has 0 aromatic carbocycles. The summed E-state index contributed by atoms with van der Waals surface area (Å²) in [5.74, 6) is 0.494. The fourth-order valence-electron chi connectivity index (χ4n) is 0.626. The van der Waals surface area contributed by atoms with Crippen LogP contribution in [0.4, 0.5) is 4.79 Å². The highest BCUT2D eigenvalue weighted by atomic mass is 127. The van der Waals surface area contributed by atoms with Crippen LogP contribution >= 0.6 is 22.6 Å². The quantitative estimate of drug-likeness (QED) is 0.642. The normalized spacial score (nSPS) is 13.6. The summed E-state index contributed by atoms with van der Waals surface area (Å²) in [4.78, 5) is 11.1. The molecule has 0 aliphatic heterocycles. The van der Waals surface area contributed by atoms with Gasteiger partial charge in [-0.25, -0.2) is 4.79 Å². The number of hydrogen-bond donors (Lipinski definition) is 1. The molecule has 1 amide bonds. The van der Waals surface area contributed by atoms with Crippen molar-refractivity contribution in [2.75, 3.05) is 11.0 Å². The van der Waals surface area contributed by atoms with Crippen molar-refractivity contribution < 1.29 is 9.53 Å². The van der Waals surface area contributed by atoms with Crippen LogP contribution in [0.2, 0.25) is 0 Å². The maximum Gasteiger partial charge on any atom is 0.407 e. The fourth-order valence-corrected chi connectivity index (χ4v) is 0.938. The van der Waals surface area contributed by atoms with Gasteiger partial charge in [0.25, 0.3) is 0 Å². The number of ether oxygens (including phenoxy) is 1. The van der Waals surface area contributed by atoms with Crippen LogP contribution in [0, 0.1) is 5.92 Å². The molecular formula is C9H18INO2. The third kappa shape index (κ3) is 8.33. The van der Waals surface area contributed by atoms with Crippen molar-refractivity contribution in [2.45, 2.75) is 33.3 Å². The van der Waals surface area contributed by atoms with E-state index in [1.807, 2.05) is 20.8 Å². The lowest BCUT2D eigenvalue weighted by atomic mass is 10.2. The summed E-state index contributed by atoms with van der Waals surface area (Å²) in [5.41, 5.74) is -0.405. The first-order valence-electron chi connectivity index (χ1n) is 4.38. The van der Waals surface area contributed by atoms with E-state index in [9.17, 15) is 4.79 Å². The van der Waals surface area contributed by atoms with E-state index in [1.54, 1.807) is 0 Å². The highest BCUT2D eigenvalue weighted by Gasteiger charge is 2.15. The Kier molecular flexibility index (Phi) is 5.67. The van der Waals surface area contributed by atoms with E-state index >= 15 is 0 Å². The van der Waals surface area contributed by atoms with E-state index in [0.29, 0.717) is 12.5 Å². The second-order valence-corrected chi connectivity index (χ2v) is 5.02. The number of carbonyl (C=O) groups excluding carboxylic acids is 1. The molecule has 0 saturated carbocycles. The van der Waals surface area contributed by atoms with Crippen LogP contribution < -0.4 is 5.32 Å². The summed E-state index contributed by atoms with van der Waals surface area (Å²) in [6.07, 6.45) is -0.329. The molecule has 0 aliphatic carbocycles. The Morgan fingerprint density at radius 3 is 2.46 bits per heavy atom. The van der Waals surface area contributed by atoms with Gasteiger partial charge in [0, 0.05) is 11.0 Å². The van der Waals surface area contributed by atoms with Gasteiger partial charge in [0.05, 0.1) is 0 Å². The molecule has 1 N–H and O–H groups in total. The van der Waals surface area contributed by atoms with Crippen molar-refractivity contribution in [2.24, 2.45) is 5.92 Å². The number of rotatable bonds is 3. The molecule has 0 fully saturated rings. The molecule has 0 aliphatic rings. The average Bonchev–Trinajstić information content (AvgIpc) is 1.97. The van der Waals surface area contributed by atoms with Crippen LogP contribution in [-0.2, 0) is 4.74 Å². The largest absolute Gasteiger partial charge is 0.444 e. The molecule has 1 unspecified atom stereocenters. The lowest BCUT2D eigenvalue weighted by Gasteiger charge is -2.20. The first-order valence-corrected chi connectivity index (χ1v) is 5.90. The molecule has 0 rings (SSSR count). The Balaban J connectivity index is 3.64. The van der Waals surface area contributed by atoms with E-state index in [4.69, 9.17) is 4.74 Å².